The van der Waals surface area contributed by atoms with E-state index in [1.807, 2.05) is 36.4 Å². The summed E-state index contributed by atoms with van der Waals surface area (Å²) in [5.74, 6) is 2.80. The molecule has 106 valence electrons. The molecule has 0 atom stereocenters. The summed E-state index contributed by atoms with van der Waals surface area (Å²) in [5.41, 5.74) is 1.06. The lowest BCUT2D eigenvalue weighted by Gasteiger charge is -2.08. The van der Waals surface area contributed by atoms with Crippen LogP contribution < -0.4 is 5.32 Å². The lowest BCUT2D eigenvalue weighted by Crippen LogP contribution is -2.02. The highest BCUT2D eigenvalue weighted by Crippen LogP contribution is 2.24. The van der Waals surface area contributed by atoms with Crippen LogP contribution in [0.15, 0.2) is 41.4 Å². The molecule has 0 amide bonds. The molecule has 2 aromatic rings. The minimum absolute atomic E-state index is 0.794. The van der Waals surface area contributed by atoms with Crippen molar-refractivity contribution in [3.05, 3.63) is 36.4 Å². The van der Waals surface area contributed by atoms with Gasteiger partial charge in [-0.2, -0.15) is 0 Å². The first kappa shape index (κ1) is 14.9. The number of benzene rings is 1. The van der Waals surface area contributed by atoms with E-state index in [0.29, 0.717) is 0 Å². The molecule has 20 heavy (non-hydrogen) atoms. The summed E-state index contributed by atoms with van der Waals surface area (Å²) in [6, 6.07) is 12.2. The molecule has 0 aliphatic rings. The van der Waals surface area contributed by atoms with Crippen molar-refractivity contribution in [2.24, 2.45) is 0 Å². The average Bonchev–Trinajstić information content (AvgIpc) is 2.49. The van der Waals surface area contributed by atoms with Gasteiger partial charge in [0.25, 0.3) is 0 Å². The molecule has 4 heteroatoms. The van der Waals surface area contributed by atoms with Crippen LogP contribution in [0.5, 0.6) is 0 Å². The number of aromatic nitrogens is 2. The van der Waals surface area contributed by atoms with Crippen LogP contribution in [-0.2, 0) is 0 Å². The first-order valence-corrected chi connectivity index (χ1v) is 8.13. The maximum atomic E-state index is 4.67. The fraction of sp³-hybridized carbons (Fsp3) is 0.375. The molecule has 0 saturated carbocycles. The van der Waals surface area contributed by atoms with E-state index < -0.39 is 0 Å². The van der Waals surface area contributed by atoms with E-state index >= 15 is 0 Å². The maximum Gasteiger partial charge on any atom is 0.162 e. The molecule has 1 aromatic heterocycles. The number of hydrogen-bond acceptors (Lipinski definition) is 4. The minimum atomic E-state index is 0.794. The summed E-state index contributed by atoms with van der Waals surface area (Å²) in [5, 5.41) is 4.33. The Bertz CT molecular complexity index is 529. The van der Waals surface area contributed by atoms with Crippen molar-refractivity contribution in [3.63, 3.8) is 0 Å². The molecule has 0 radical (unpaired) electrons. The van der Waals surface area contributed by atoms with Crippen LogP contribution >= 0.6 is 11.8 Å². The van der Waals surface area contributed by atoms with E-state index in [9.17, 15) is 0 Å². The second-order valence-corrected chi connectivity index (χ2v) is 5.63. The van der Waals surface area contributed by atoms with Crippen LogP contribution in [0.3, 0.4) is 0 Å². The summed E-state index contributed by atoms with van der Waals surface area (Å²) < 4.78 is 0. The Morgan fingerprint density at radius 3 is 2.60 bits per heavy atom. The lowest BCUT2D eigenvalue weighted by molar-refractivity contribution is 0.894. The van der Waals surface area contributed by atoms with E-state index in [1.54, 1.807) is 11.8 Å². The van der Waals surface area contributed by atoms with Crippen molar-refractivity contribution in [2.45, 2.75) is 31.7 Å². The predicted molar refractivity (Wildman–Crippen MR) is 87.3 cm³/mol. The molecule has 0 bridgehead atoms. The first-order valence-electron chi connectivity index (χ1n) is 7.14. The monoisotopic (exact) mass is 287 g/mol. The average molecular weight is 287 g/mol. The number of hydrogen-bond donors (Lipinski definition) is 1. The van der Waals surface area contributed by atoms with Crippen LogP contribution in [-0.4, -0.2) is 22.3 Å². The Morgan fingerprint density at radius 2 is 1.90 bits per heavy atom. The Labute approximate surface area is 125 Å². The number of thioether (sulfide) groups is 1. The van der Waals surface area contributed by atoms with Gasteiger partial charge in [-0.25, -0.2) is 9.97 Å². The molecule has 0 aliphatic heterocycles. The highest BCUT2D eigenvalue weighted by Gasteiger charge is 2.06. The molecule has 1 aromatic carbocycles. The van der Waals surface area contributed by atoms with Crippen molar-refractivity contribution in [1.82, 2.24) is 9.97 Å². The van der Waals surface area contributed by atoms with E-state index in [0.717, 1.165) is 34.5 Å². The highest BCUT2D eigenvalue weighted by molar-refractivity contribution is 7.99. The summed E-state index contributed by atoms with van der Waals surface area (Å²) in [7, 11) is 0. The normalized spacial score (nSPS) is 10.5. The fourth-order valence-electron chi connectivity index (χ4n) is 1.81. The standard InChI is InChI=1S/C16H21N3S/c1-3-5-11-20-15-12-14(17-4-2)18-16(19-15)13-9-7-6-8-10-13/h6-10,12H,3-5,11H2,1-2H3,(H,17,18,19). The van der Waals surface area contributed by atoms with E-state index in [4.69, 9.17) is 0 Å². The molecular formula is C16H21N3S. The third kappa shape index (κ3) is 4.23. The van der Waals surface area contributed by atoms with Crippen LogP contribution in [0.4, 0.5) is 5.82 Å². The van der Waals surface area contributed by atoms with Gasteiger partial charge < -0.3 is 5.32 Å². The van der Waals surface area contributed by atoms with Crippen molar-refractivity contribution < 1.29 is 0 Å². The largest absolute Gasteiger partial charge is 0.370 e. The molecule has 0 aliphatic carbocycles. The van der Waals surface area contributed by atoms with Gasteiger partial charge in [-0.1, -0.05) is 43.7 Å². The third-order valence-corrected chi connectivity index (χ3v) is 3.84. The second-order valence-electron chi connectivity index (χ2n) is 4.51. The van der Waals surface area contributed by atoms with Gasteiger partial charge in [-0.15, -0.1) is 11.8 Å². The van der Waals surface area contributed by atoms with Gasteiger partial charge in [0.05, 0.1) is 0 Å². The van der Waals surface area contributed by atoms with Gasteiger partial charge in [-0.05, 0) is 19.1 Å². The maximum absolute atomic E-state index is 4.67. The minimum Gasteiger partial charge on any atom is -0.370 e. The van der Waals surface area contributed by atoms with Gasteiger partial charge in [0.1, 0.15) is 10.8 Å². The molecule has 0 unspecified atom stereocenters. The smallest absolute Gasteiger partial charge is 0.162 e. The number of unbranched alkanes of at least 4 members (excludes halogenated alkanes) is 1. The topological polar surface area (TPSA) is 37.8 Å². The summed E-state index contributed by atoms with van der Waals surface area (Å²) in [6.45, 7) is 5.15. The van der Waals surface area contributed by atoms with Gasteiger partial charge in [0, 0.05) is 18.2 Å². The predicted octanol–water partition coefficient (Wildman–Crippen LogP) is 4.47. The molecule has 1 heterocycles. The molecule has 3 nitrogen and oxygen atoms in total. The number of anilines is 1. The van der Waals surface area contributed by atoms with Crippen LogP contribution in [0.1, 0.15) is 26.7 Å². The number of nitrogens with one attached hydrogen (secondary N) is 1. The zero-order valence-corrected chi connectivity index (χ0v) is 12.9. The Morgan fingerprint density at radius 1 is 1.10 bits per heavy atom. The first-order chi connectivity index (χ1) is 9.83. The Hall–Kier alpha value is -1.55. The van der Waals surface area contributed by atoms with Gasteiger partial charge in [-0.3, -0.25) is 0 Å². The SMILES string of the molecule is CCCCSc1cc(NCC)nc(-c2ccccc2)n1. The van der Waals surface area contributed by atoms with Crippen LogP contribution in [0.2, 0.25) is 0 Å². The van der Waals surface area contributed by atoms with Crippen molar-refractivity contribution in [2.75, 3.05) is 17.6 Å². The molecular weight excluding hydrogens is 266 g/mol. The Kier molecular flexibility index (Phi) is 5.87. The van der Waals surface area contributed by atoms with E-state index in [1.165, 1.54) is 12.8 Å². The van der Waals surface area contributed by atoms with Crippen molar-refractivity contribution in [1.29, 1.82) is 0 Å². The highest BCUT2D eigenvalue weighted by atomic mass is 32.2. The van der Waals surface area contributed by atoms with Crippen LogP contribution in [0, 0.1) is 0 Å². The summed E-state index contributed by atoms with van der Waals surface area (Å²) in [6.07, 6.45) is 2.43. The quantitative estimate of drug-likeness (QED) is 0.463. The van der Waals surface area contributed by atoms with Gasteiger partial charge in [0.2, 0.25) is 0 Å². The number of rotatable bonds is 7. The fourth-order valence-corrected chi connectivity index (χ4v) is 2.80. The van der Waals surface area contributed by atoms with E-state index in [-0.39, 0.29) is 0 Å². The molecule has 0 spiro atoms. The third-order valence-electron chi connectivity index (χ3n) is 2.84. The number of nitrogens with zero attached hydrogens (tertiary/aromatic N) is 2. The summed E-state index contributed by atoms with van der Waals surface area (Å²) in [4.78, 5) is 9.26. The zero-order chi connectivity index (χ0) is 14.2. The van der Waals surface area contributed by atoms with E-state index in [2.05, 4.69) is 29.1 Å². The molecule has 1 N–H and O–H groups in total. The molecule has 0 fully saturated rings. The summed E-state index contributed by atoms with van der Waals surface area (Å²) >= 11 is 1.80. The Balaban J connectivity index is 2.26. The molecule has 0 saturated heterocycles. The van der Waals surface area contributed by atoms with Crippen molar-refractivity contribution >= 4 is 17.6 Å². The zero-order valence-electron chi connectivity index (χ0n) is 12.1. The molecule has 2 rings (SSSR count). The van der Waals surface area contributed by atoms with Crippen LogP contribution in [0.25, 0.3) is 11.4 Å². The van der Waals surface area contributed by atoms with Crippen molar-refractivity contribution in [3.8, 4) is 11.4 Å². The van der Waals surface area contributed by atoms with Gasteiger partial charge >= 0.3 is 0 Å². The van der Waals surface area contributed by atoms with Gasteiger partial charge in [0.15, 0.2) is 5.82 Å². The lowest BCUT2D eigenvalue weighted by atomic mass is 10.2. The second kappa shape index (κ2) is 7.90.